The number of halogens is 2. The van der Waals surface area contributed by atoms with Crippen molar-refractivity contribution in [1.29, 1.82) is 0 Å². The number of ether oxygens (including phenoxy) is 1. The number of fused-ring (bicyclic) bond motifs is 1. The SMILES string of the molecule is C[C@H](NC(=O)COC(=O)c1cc2ccccc2o1)c1ccc(Cl)c(Cl)c1. The summed E-state index contributed by atoms with van der Waals surface area (Å²) in [6.07, 6.45) is 0. The molecule has 0 aliphatic heterocycles. The third-order valence-corrected chi connectivity index (χ3v) is 4.52. The Kier molecular flexibility index (Phi) is 5.49. The van der Waals surface area contributed by atoms with Crippen molar-refractivity contribution in [2.45, 2.75) is 13.0 Å². The van der Waals surface area contributed by atoms with Crippen LogP contribution in [0.25, 0.3) is 11.0 Å². The van der Waals surface area contributed by atoms with Crippen LogP contribution in [0.3, 0.4) is 0 Å². The number of nitrogens with one attached hydrogen (secondary N) is 1. The molecule has 7 heteroatoms. The molecule has 1 heterocycles. The van der Waals surface area contributed by atoms with Gasteiger partial charge in [0.1, 0.15) is 5.58 Å². The van der Waals surface area contributed by atoms with E-state index in [1.807, 2.05) is 12.1 Å². The molecular formula is C19H15Cl2NO4. The molecule has 1 amide bonds. The molecule has 5 nitrogen and oxygen atoms in total. The van der Waals surface area contributed by atoms with E-state index in [4.69, 9.17) is 32.4 Å². The lowest BCUT2D eigenvalue weighted by atomic mass is 10.1. The molecule has 3 rings (SSSR count). The average molecular weight is 392 g/mol. The fourth-order valence-corrected chi connectivity index (χ4v) is 2.74. The molecule has 1 aromatic heterocycles. The van der Waals surface area contributed by atoms with Gasteiger partial charge in [-0.3, -0.25) is 4.79 Å². The van der Waals surface area contributed by atoms with Gasteiger partial charge in [0.2, 0.25) is 5.76 Å². The van der Waals surface area contributed by atoms with E-state index >= 15 is 0 Å². The second-order valence-electron chi connectivity index (χ2n) is 5.69. The van der Waals surface area contributed by atoms with Gasteiger partial charge in [-0.15, -0.1) is 0 Å². The van der Waals surface area contributed by atoms with Crippen LogP contribution >= 0.6 is 23.2 Å². The Balaban J connectivity index is 1.56. The first-order valence-corrected chi connectivity index (χ1v) is 8.59. The van der Waals surface area contributed by atoms with E-state index in [9.17, 15) is 9.59 Å². The van der Waals surface area contributed by atoms with E-state index in [0.717, 1.165) is 10.9 Å². The maximum atomic E-state index is 12.0. The van der Waals surface area contributed by atoms with Gasteiger partial charge in [-0.25, -0.2) is 4.79 Å². The minimum atomic E-state index is -0.696. The van der Waals surface area contributed by atoms with Crippen molar-refractivity contribution >= 4 is 46.0 Å². The van der Waals surface area contributed by atoms with Crippen molar-refractivity contribution in [2.24, 2.45) is 0 Å². The molecule has 0 radical (unpaired) electrons. The van der Waals surface area contributed by atoms with Gasteiger partial charge < -0.3 is 14.5 Å². The molecule has 0 unspecified atom stereocenters. The maximum absolute atomic E-state index is 12.0. The number of furan rings is 1. The van der Waals surface area contributed by atoms with Crippen molar-refractivity contribution in [1.82, 2.24) is 5.32 Å². The van der Waals surface area contributed by atoms with Crippen molar-refractivity contribution in [2.75, 3.05) is 6.61 Å². The lowest BCUT2D eigenvalue weighted by Gasteiger charge is -2.15. The molecule has 0 saturated heterocycles. The van der Waals surface area contributed by atoms with Crippen LogP contribution in [-0.4, -0.2) is 18.5 Å². The molecule has 134 valence electrons. The average Bonchev–Trinajstić information content (AvgIpc) is 3.06. The monoisotopic (exact) mass is 391 g/mol. The van der Waals surface area contributed by atoms with Gasteiger partial charge in [0, 0.05) is 5.39 Å². The van der Waals surface area contributed by atoms with Crippen molar-refractivity contribution in [3.05, 3.63) is 69.9 Å². The summed E-state index contributed by atoms with van der Waals surface area (Å²) in [7, 11) is 0. The Morgan fingerprint density at radius 1 is 1.12 bits per heavy atom. The zero-order chi connectivity index (χ0) is 18.7. The molecule has 0 aliphatic carbocycles. The Labute approximate surface area is 159 Å². The molecule has 1 atom stereocenters. The summed E-state index contributed by atoms with van der Waals surface area (Å²) < 4.78 is 10.4. The van der Waals surface area contributed by atoms with Crippen LogP contribution in [0.5, 0.6) is 0 Å². The molecule has 1 N–H and O–H groups in total. The van der Waals surface area contributed by atoms with Crippen LogP contribution in [0, 0.1) is 0 Å². The Morgan fingerprint density at radius 2 is 1.88 bits per heavy atom. The van der Waals surface area contributed by atoms with E-state index in [1.54, 1.807) is 43.3 Å². The molecule has 0 spiro atoms. The van der Waals surface area contributed by atoms with E-state index in [1.165, 1.54) is 0 Å². The molecule has 0 bridgehead atoms. The van der Waals surface area contributed by atoms with Gasteiger partial charge in [0.05, 0.1) is 16.1 Å². The van der Waals surface area contributed by atoms with E-state index in [0.29, 0.717) is 15.6 Å². The van der Waals surface area contributed by atoms with Gasteiger partial charge in [0.25, 0.3) is 5.91 Å². The maximum Gasteiger partial charge on any atom is 0.374 e. The summed E-state index contributed by atoms with van der Waals surface area (Å²) in [5.41, 5.74) is 1.37. The molecule has 0 aliphatic rings. The lowest BCUT2D eigenvalue weighted by Crippen LogP contribution is -2.31. The molecule has 0 fully saturated rings. The largest absolute Gasteiger partial charge is 0.450 e. The summed E-state index contributed by atoms with van der Waals surface area (Å²) in [5, 5.41) is 4.36. The second-order valence-corrected chi connectivity index (χ2v) is 6.50. The smallest absolute Gasteiger partial charge is 0.374 e. The highest BCUT2D eigenvalue weighted by atomic mass is 35.5. The van der Waals surface area contributed by atoms with Gasteiger partial charge in [-0.1, -0.05) is 47.5 Å². The summed E-state index contributed by atoms with van der Waals surface area (Å²) >= 11 is 11.9. The number of amides is 1. The van der Waals surface area contributed by atoms with Crippen LogP contribution < -0.4 is 5.32 Å². The first kappa shape index (κ1) is 18.3. The fourth-order valence-electron chi connectivity index (χ4n) is 2.43. The number of hydrogen-bond acceptors (Lipinski definition) is 4. The Hall–Kier alpha value is -2.50. The Bertz CT molecular complexity index is 934. The molecule has 26 heavy (non-hydrogen) atoms. The molecular weight excluding hydrogens is 377 g/mol. The topological polar surface area (TPSA) is 68.5 Å². The predicted molar refractivity (Wildman–Crippen MR) is 99.5 cm³/mol. The normalized spacial score (nSPS) is 12.0. The third-order valence-electron chi connectivity index (χ3n) is 3.78. The number of hydrogen-bond donors (Lipinski definition) is 1. The quantitative estimate of drug-likeness (QED) is 0.635. The zero-order valence-electron chi connectivity index (χ0n) is 13.8. The van der Waals surface area contributed by atoms with Crippen LogP contribution in [0.2, 0.25) is 10.0 Å². The second kappa shape index (κ2) is 7.81. The van der Waals surface area contributed by atoms with Crippen molar-refractivity contribution < 1.29 is 18.7 Å². The number of rotatable bonds is 5. The first-order valence-electron chi connectivity index (χ1n) is 7.84. The number of carbonyl (C=O) groups is 2. The van der Waals surface area contributed by atoms with E-state index < -0.39 is 18.5 Å². The van der Waals surface area contributed by atoms with Crippen molar-refractivity contribution in [3.63, 3.8) is 0 Å². The van der Waals surface area contributed by atoms with Gasteiger partial charge in [-0.2, -0.15) is 0 Å². The molecule has 0 saturated carbocycles. The highest BCUT2D eigenvalue weighted by molar-refractivity contribution is 6.42. The summed E-state index contributed by atoms with van der Waals surface area (Å²) in [4.78, 5) is 24.0. The molecule has 2 aromatic carbocycles. The van der Waals surface area contributed by atoms with Crippen molar-refractivity contribution in [3.8, 4) is 0 Å². The van der Waals surface area contributed by atoms with E-state index in [2.05, 4.69) is 5.32 Å². The number of esters is 1. The summed E-state index contributed by atoms with van der Waals surface area (Å²) in [6.45, 7) is 1.38. The fraction of sp³-hybridized carbons (Fsp3) is 0.158. The van der Waals surface area contributed by atoms with Crippen LogP contribution in [-0.2, 0) is 9.53 Å². The minimum absolute atomic E-state index is 0.0523. The summed E-state index contributed by atoms with van der Waals surface area (Å²) in [5.74, 6) is -1.08. The number of benzene rings is 2. The third kappa shape index (κ3) is 4.18. The Morgan fingerprint density at radius 3 is 2.62 bits per heavy atom. The zero-order valence-corrected chi connectivity index (χ0v) is 15.3. The van der Waals surface area contributed by atoms with Crippen LogP contribution in [0.4, 0.5) is 0 Å². The van der Waals surface area contributed by atoms with Gasteiger partial charge >= 0.3 is 5.97 Å². The highest BCUT2D eigenvalue weighted by Gasteiger charge is 2.17. The standard InChI is InChI=1S/C19H15Cl2NO4/c1-11(12-6-7-14(20)15(21)8-12)22-18(23)10-25-19(24)17-9-13-4-2-3-5-16(13)26-17/h2-9,11H,10H2,1H3,(H,22,23)/t11-/m0/s1. The predicted octanol–water partition coefficient (Wildman–Crippen LogP) is 4.77. The first-order chi connectivity index (χ1) is 12.4. The lowest BCUT2D eigenvalue weighted by molar-refractivity contribution is -0.124. The van der Waals surface area contributed by atoms with Gasteiger partial charge in [-0.05, 0) is 36.8 Å². The van der Waals surface area contributed by atoms with E-state index in [-0.39, 0.29) is 11.8 Å². The van der Waals surface area contributed by atoms with Crippen LogP contribution in [0.1, 0.15) is 29.1 Å². The number of para-hydroxylation sites is 1. The van der Waals surface area contributed by atoms with Gasteiger partial charge in [0.15, 0.2) is 6.61 Å². The summed E-state index contributed by atoms with van der Waals surface area (Å²) in [6, 6.07) is 13.6. The minimum Gasteiger partial charge on any atom is -0.450 e. The number of carbonyl (C=O) groups excluding carboxylic acids is 2. The molecule has 3 aromatic rings. The highest BCUT2D eigenvalue weighted by Crippen LogP contribution is 2.25. The van der Waals surface area contributed by atoms with Crippen LogP contribution in [0.15, 0.2) is 52.9 Å².